The number of rotatable bonds is 1. The van der Waals surface area contributed by atoms with Gasteiger partial charge in [-0.1, -0.05) is 0 Å². The second-order valence-corrected chi connectivity index (χ2v) is 3.61. The predicted octanol–water partition coefficient (Wildman–Crippen LogP) is 0.501. The van der Waals surface area contributed by atoms with Crippen molar-refractivity contribution >= 4 is 11.9 Å². The highest BCUT2D eigenvalue weighted by Gasteiger charge is 2.46. The van der Waals surface area contributed by atoms with Crippen molar-refractivity contribution in [1.29, 1.82) is 0 Å². The lowest BCUT2D eigenvalue weighted by atomic mass is 9.77. The summed E-state index contributed by atoms with van der Waals surface area (Å²) in [6, 6.07) is 0. The van der Waals surface area contributed by atoms with E-state index in [1.165, 1.54) is 7.11 Å². The summed E-state index contributed by atoms with van der Waals surface area (Å²) in [4.78, 5) is 22.4. The molecule has 13 heavy (non-hydrogen) atoms. The zero-order valence-electron chi connectivity index (χ0n) is 7.49. The molecule has 0 aromatic heterocycles. The van der Waals surface area contributed by atoms with Crippen molar-refractivity contribution in [1.82, 2.24) is 0 Å². The van der Waals surface area contributed by atoms with E-state index in [0.29, 0.717) is 6.42 Å². The SMILES string of the molecule is COC(=O)[C@H]1C[C@H]2CC[C@@H]1OC2=O. The fraction of sp³-hybridized carbons (Fsp3) is 0.778. The van der Waals surface area contributed by atoms with Gasteiger partial charge in [0.05, 0.1) is 18.9 Å². The predicted molar refractivity (Wildman–Crippen MR) is 42.7 cm³/mol. The molecule has 2 heterocycles. The van der Waals surface area contributed by atoms with Gasteiger partial charge in [-0.2, -0.15) is 0 Å². The molecule has 3 rings (SSSR count). The first kappa shape index (κ1) is 8.53. The van der Waals surface area contributed by atoms with Gasteiger partial charge in [0.25, 0.3) is 0 Å². The van der Waals surface area contributed by atoms with Crippen molar-refractivity contribution in [3.05, 3.63) is 0 Å². The Morgan fingerprint density at radius 3 is 2.77 bits per heavy atom. The minimum Gasteiger partial charge on any atom is -0.469 e. The van der Waals surface area contributed by atoms with E-state index in [1.807, 2.05) is 0 Å². The van der Waals surface area contributed by atoms with Crippen LogP contribution in [0.5, 0.6) is 0 Å². The first-order chi connectivity index (χ1) is 6.22. The lowest BCUT2D eigenvalue weighted by Gasteiger charge is -2.39. The van der Waals surface area contributed by atoms with Crippen LogP contribution in [-0.2, 0) is 19.1 Å². The maximum atomic E-state index is 11.2. The topological polar surface area (TPSA) is 52.6 Å². The molecular weight excluding hydrogens is 172 g/mol. The molecule has 72 valence electrons. The largest absolute Gasteiger partial charge is 0.469 e. The minimum absolute atomic E-state index is 0.0749. The van der Waals surface area contributed by atoms with Crippen LogP contribution in [0.2, 0.25) is 0 Å². The molecular formula is C9H12O4. The van der Waals surface area contributed by atoms with Crippen LogP contribution in [0.15, 0.2) is 0 Å². The van der Waals surface area contributed by atoms with Crippen LogP contribution in [0.3, 0.4) is 0 Å². The van der Waals surface area contributed by atoms with Crippen molar-refractivity contribution in [2.45, 2.75) is 25.4 Å². The van der Waals surface area contributed by atoms with Crippen molar-refractivity contribution in [2.24, 2.45) is 11.8 Å². The number of carbonyl (C=O) groups is 2. The summed E-state index contributed by atoms with van der Waals surface area (Å²) < 4.78 is 9.73. The van der Waals surface area contributed by atoms with Gasteiger partial charge in [0.2, 0.25) is 0 Å². The van der Waals surface area contributed by atoms with Crippen LogP contribution in [0, 0.1) is 11.8 Å². The van der Waals surface area contributed by atoms with E-state index in [4.69, 9.17) is 4.74 Å². The highest BCUT2D eigenvalue weighted by molar-refractivity contribution is 5.80. The van der Waals surface area contributed by atoms with Crippen LogP contribution in [0.4, 0.5) is 0 Å². The van der Waals surface area contributed by atoms with E-state index in [1.54, 1.807) is 0 Å². The Morgan fingerprint density at radius 2 is 2.31 bits per heavy atom. The Balaban J connectivity index is 2.10. The summed E-state index contributed by atoms with van der Waals surface area (Å²) in [6.07, 6.45) is 2.04. The van der Waals surface area contributed by atoms with E-state index in [9.17, 15) is 9.59 Å². The number of ether oxygens (including phenoxy) is 2. The quantitative estimate of drug-likeness (QED) is 0.557. The van der Waals surface area contributed by atoms with E-state index in [0.717, 1.165) is 12.8 Å². The Kier molecular flexibility index (Phi) is 1.98. The summed E-state index contributed by atoms with van der Waals surface area (Å²) in [5.74, 6) is -0.686. The Bertz CT molecular complexity index is 248. The molecule has 0 aromatic carbocycles. The van der Waals surface area contributed by atoms with E-state index >= 15 is 0 Å². The van der Waals surface area contributed by atoms with E-state index < -0.39 is 0 Å². The molecule has 4 nitrogen and oxygen atoms in total. The van der Waals surface area contributed by atoms with Gasteiger partial charge >= 0.3 is 11.9 Å². The van der Waals surface area contributed by atoms with Gasteiger partial charge in [-0.25, -0.2) is 0 Å². The Hall–Kier alpha value is -1.06. The zero-order valence-corrected chi connectivity index (χ0v) is 7.49. The first-order valence-corrected chi connectivity index (χ1v) is 4.50. The zero-order chi connectivity index (χ0) is 9.42. The van der Waals surface area contributed by atoms with Gasteiger partial charge in [-0.05, 0) is 19.3 Å². The molecule has 2 saturated heterocycles. The summed E-state index contributed by atoms with van der Waals surface area (Å²) in [5.41, 5.74) is 0. The van der Waals surface area contributed by atoms with Crippen molar-refractivity contribution in [3.8, 4) is 0 Å². The van der Waals surface area contributed by atoms with Crippen molar-refractivity contribution < 1.29 is 19.1 Å². The Morgan fingerprint density at radius 1 is 1.54 bits per heavy atom. The maximum absolute atomic E-state index is 11.2. The highest BCUT2D eigenvalue weighted by Crippen LogP contribution is 2.38. The van der Waals surface area contributed by atoms with Gasteiger partial charge in [0.15, 0.2) is 0 Å². The smallest absolute Gasteiger partial charge is 0.312 e. The molecule has 4 heteroatoms. The lowest BCUT2D eigenvalue weighted by Crippen LogP contribution is -2.47. The van der Waals surface area contributed by atoms with E-state index in [-0.39, 0.29) is 29.9 Å². The van der Waals surface area contributed by atoms with Crippen LogP contribution in [0.25, 0.3) is 0 Å². The molecule has 3 fully saturated rings. The molecule has 1 saturated carbocycles. The van der Waals surface area contributed by atoms with E-state index in [2.05, 4.69) is 4.74 Å². The number of esters is 2. The molecule has 3 atom stereocenters. The summed E-state index contributed by atoms with van der Waals surface area (Å²) in [6.45, 7) is 0. The van der Waals surface area contributed by atoms with Gasteiger partial charge in [0, 0.05) is 0 Å². The molecule has 1 aliphatic carbocycles. The van der Waals surface area contributed by atoms with Gasteiger partial charge in [-0.15, -0.1) is 0 Å². The second kappa shape index (κ2) is 3.01. The highest BCUT2D eigenvalue weighted by atomic mass is 16.6. The molecule has 2 aliphatic heterocycles. The summed E-state index contributed by atoms with van der Waals surface area (Å²) in [7, 11) is 1.37. The third kappa shape index (κ3) is 1.30. The summed E-state index contributed by atoms with van der Waals surface area (Å²) in [5, 5.41) is 0. The van der Waals surface area contributed by atoms with Crippen molar-refractivity contribution in [2.75, 3.05) is 7.11 Å². The van der Waals surface area contributed by atoms with Crippen molar-refractivity contribution in [3.63, 3.8) is 0 Å². The fourth-order valence-corrected chi connectivity index (χ4v) is 2.14. The van der Waals surface area contributed by atoms with Crippen LogP contribution < -0.4 is 0 Å². The normalized spacial score (nSPS) is 37.0. The van der Waals surface area contributed by atoms with Gasteiger partial charge in [-0.3, -0.25) is 9.59 Å². The van der Waals surface area contributed by atoms with Crippen LogP contribution in [-0.4, -0.2) is 25.2 Å². The molecule has 0 aromatic rings. The number of methoxy groups -OCH3 is 1. The molecule has 3 aliphatic rings. The number of fused-ring (bicyclic) bond motifs is 3. The molecule has 0 radical (unpaired) electrons. The molecule has 2 bridgehead atoms. The van der Waals surface area contributed by atoms with Crippen LogP contribution >= 0.6 is 0 Å². The lowest BCUT2D eigenvalue weighted by molar-refractivity contribution is -0.182. The standard InChI is InChI=1S/C9H12O4/c1-12-9(11)6-4-5-2-3-7(6)13-8(5)10/h5-7H,2-4H2,1H3/t5-,6+,7+/m1/s1. The molecule has 0 spiro atoms. The Labute approximate surface area is 76.2 Å². The number of carbonyl (C=O) groups excluding carboxylic acids is 2. The molecule has 0 unspecified atom stereocenters. The third-order valence-electron chi connectivity index (χ3n) is 2.89. The third-order valence-corrected chi connectivity index (χ3v) is 2.89. The first-order valence-electron chi connectivity index (χ1n) is 4.50. The monoisotopic (exact) mass is 184 g/mol. The molecule has 0 amide bonds. The average Bonchev–Trinajstić information content (AvgIpc) is 2.17. The average molecular weight is 184 g/mol. The number of hydrogen-bond donors (Lipinski definition) is 0. The van der Waals surface area contributed by atoms with Crippen LogP contribution in [0.1, 0.15) is 19.3 Å². The number of hydrogen-bond acceptors (Lipinski definition) is 4. The van der Waals surface area contributed by atoms with Gasteiger partial charge in [0.1, 0.15) is 6.10 Å². The maximum Gasteiger partial charge on any atom is 0.312 e. The minimum atomic E-state index is -0.248. The van der Waals surface area contributed by atoms with Gasteiger partial charge < -0.3 is 9.47 Å². The molecule has 0 N–H and O–H groups in total. The second-order valence-electron chi connectivity index (χ2n) is 3.61. The fourth-order valence-electron chi connectivity index (χ4n) is 2.14. The summed E-state index contributed by atoms with van der Waals surface area (Å²) >= 11 is 0.